The van der Waals surface area contributed by atoms with Crippen molar-refractivity contribution in [2.24, 2.45) is 5.92 Å². The zero-order chi connectivity index (χ0) is 22.3. The fraction of sp³-hybridized carbons (Fsp3) is 0.280. The van der Waals surface area contributed by atoms with Crippen LogP contribution in [0.1, 0.15) is 47.3 Å². The number of nitrogens with one attached hydrogen (secondary N) is 2. The van der Waals surface area contributed by atoms with Gasteiger partial charge in [0.2, 0.25) is 5.91 Å². The highest BCUT2D eigenvalue weighted by Gasteiger charge is 2.22. The molecule has 1 heterocycles. The van der Waals surface area contributed by atoms with Crippen molar-refractivity contribution < 1.29 is 14.0 Å². The number of carbonyl (C=O) groups excluding carboxylic acids is 2. The molecule has 32 heavy (non-hydrogen) atoms. The molecule has 3 aromatic rings. The molecule has 4 nitrogen and oxygen atoms in total. The van der Waals surface area contributed by atoms with Gasteiger partial charge in [0.1, 0.15) is 5.82 Å². The van der Waals surface area contributed by atoms with Crippen LogP contribution in [0.5, 0.6) is 0 Å². The molecular weight excluding hydrogens is 443 g/mol. The normalized spacial score (nSPS) is 14.2. The molecule has 0 aliphatic heterocycles. The molecule has 0 atom stereocenters. The largest absolute Gasteiger partial charge is 0.323 e. The van der Waals surface area contributed by atoms with Gasteiger partial charge in [-0.05, 0) is 54.6 Å². The summed E-state index contributed by atoms with van der Waals surface area (Å²) in [6.45, 7) is 0. The van der Waals surface area contributed by atoms with Crippen molar-refractivity contribution in [2.45, 2.75) is 42.8 Å². The van der Waals surface area contributed by atoms with Crippen LogP contribution < -0.4 is 10.6 Å². The van der Waals surface area contributed by atoms with Crippen LogP contribution in [0.4, 0.5) is 15.8 Å². The summed E-state index contributed by atoms with van der Waals surface area (Å²) in [5, 5.41) is 7.59. The summed E-state index contributed by atoms with van der Waals surface area (Å²) in [6.07, 6.45) is 4.88. The van der Waals surface area contributed by atoms with Crippen LogP contribution in [0.15, 0.2) is 64.9 Å². The fourth-order valence-corrected chi connectivity index (χ4v) is 5.64. The maximum absolute atomic E-state index is 14.3. The van der Waals surface area contributed by atoms with Gasteiger partial charge < -0.3 is 10.6 Å². The van der Waals surface area contributed by atoms with E-state index in [-0.39, 0.29) is 23.4 Å². The number of halogens is 1. The maximum atomic E-state index is 14.3. The maximum Gasteiger partial charge on any atom is 0.256 e. The van der Waals surface area contributed by atoms with Crippen molar-refractivity contribution in [2.75, 3.05) is 10.6 Å². The lowest BCUT2D eigenvalue weighted by Gasteiger charge is -2.21. The Morgan fingerprint density at radius 3 is 2.59 bits per heavy atom. The third kappa shape index (κ3) is 5.78. The van der Waals surface area contributed by atoms with E-state index in [4.69, 9.17) is 0 Å². The monoisotopic (exact) mass is 468 g/mol. The van der Waals surface area contributed by atoms with Crippen LogP contribution in [0.2, 0.25) is 0 Å². The fourth-order valence-electron chi connectivity index (χ4n) is 3.82. The van der Waals surface area contributed by atoms with Crippen molar-refractivity contribution >= 4 is 46.3 Å². The van der Waals surface area contributed by atoms with E-state index >= 15 is 0 Å². The van der Waals surface area contributed by atoms with Crippen molar-refractivity contribution in [1.82, 2.24) is 0 Å². The molecule has 1 saturated carbocycles. The van der Waals surface area contributed by atoms with Crippen LogP contribution in [-0.4, -0.2) is 11.8 Å². The molecule has 0 bridgehead atoms. The molecule has 2 N–H and O–H groups in total. The third-order valence-electron chi connectivity index (χ3n) is 5.54. The lowest BCUT2D eigenvalue weighted by atomic mass is 9.88. The van der Waals surface area contributed by atoms with E-state index in [1.54, 1.807) is 29.2 Å². The molecule has 1 fully saturated rings. The molecule has 0 unspecified atom stereocenters. The number of anilines is 2. The van der Waals surface area contributed by atoms with Crippen molar-refractivity contribution in [1.29, 1.82) is 0 Å². The van der Waals surface area contributed by atoms with Crippen molar-refractivity contribution in [3.63, 3.8) is 0 Å². The van der Waals surface area contributed by atoms with E-state index < -0.39 is 5.82 Å². The van der Waals surface area contributed by atoms with E-state index in [1.165, 1.54) is 23.1 Å². The second-order valence-electron chi connectivity index (χ2n) is 7.84. The number of amides is 2. The van der Waals surface area contributed by atoms with E-state index in [2.05, 4.69) is 16.7 Å². The Kier molecular flexibility index (Phi) is 7.60. The first-order valence-corrected chi connectivity index (χ1v) is 12.6. The Morgan fingerprint density at radius 2 is 1.81 bits per heavy atom. The molecule has 2 aromatic carbocycles. The lowest BCUT2D eigenvalue weighted by molar-refractivity contribution is -0.120. The molecule has 0 radical (unpaired) electrons. The third-order valence-corrected chi connectivity index (χ3v) is 7.72. The average Bonchev–Trinajstić information content (AvgIpc) is 3.34. The topological polar surface area (TPSA) is 58.2 Å². The Bertz CT molecular complexity index is 1080. The number of thiophene rings is 1. The highest BCUT2D eigenvalue weighted by molar-refractivity contribution is 7.98. The van der Waals surface area contributed by atoms with Gasteiger partial charge in [0.15, 0.2) is 0 Å². The van der Waals surface area contributed by atoms with Gasteiger partial charge in [0, 0.05) is 27.1 Å². The summed E-state index contributed by atoms with van der Waals surface area (Å²) in [5.41, 5.74) is 1.10. The van der Waals surface area contributed by atoms with Crippen LogP contribution in [-0.2, 0) is 10.5 Å². The van der Waals surface area contributed by atoms with Crippen LogP contribution >= 0.6 is 23.1 Å². The van der Waals surface area contributed by atoms with Gasteiger partial charge in [0.25, 0.3) is 5.91 Å². The highest BCUT2D eigenvalue weighted by atomic mass is 32.2. The van der Waals surface area contributed by atoms with Crippen LogP contribution in [0.3, 0.4) is 0 Å². The van der Waals surface area contributed by atoms with Gasteiger partial charge >= 0.3 is 0 Å². The summed E-state index contributed by atoms with van der Waals surface area (Å²) >= 11 is 3.29. The quantitative estimate of drug-likeness (QED) is 0.369. The summed E-state index contributed by atoms with van der Waals surface area (Å²) in [6, 6.07) is 15.8. The number of carbonyl (C=O) groups is 2. The Hall–Kier alpha value is -2.64. The number of benzene rings is 2. The van der Waals surface area contributed by atoms with Gasteiger partial charge in [-0.2, -0.15) is 0 Å². The molecule has 4 rings (SSSR count). The molecule has 1 aromatic heterocycles. The van der Waals surface area contributed by atoms with E-state index in [9.17, 15) is 14.0 Å². The number of thioether (sulfide) groups is 1. The second-order valence-corrected chi connectivity index (χ2v) is 9.89. The van der Waals surface area contributed by atoms with Gasteiger partial charge in [-0.25, -0.2) is 4.39 Å². The molecule has 0 spiro atoms. The first-order valence-electron chi connectivity index (χ1n) is 10.8. The summed E-state index contributed by atoms with van der Waals surface area (Å²) in [7, 11) is 0. The van der Waals surface area contributed by atoms with Crippen LogP contribution in [0, 0.1) is 11.7 Å². The minimum atomic E-state index is -0.515. The van der Waals surface area contributed by atoms with Crippen molar-refractivity contribution in [3.8, 4) is 0 Å². The van der Waals surface area contributed by atoms with E-state index in [0.717, 1.165) is 42.8 Å². The lowest BCUT2D eigenvalue weighted by Crippen LogP contribution is -2.25. The molecular formula is C25H25FN2O2S2. The zero-order valence-electron chi connectivity index (χ0n) is 17.6. The second kappa shape index (κ2) is 10.8. The highest BCUT2D eigenvalue weighted by Crippen LogP contribution is 2.30. The van der Waals surface area contributed by atoms with Gasteiger partial charge in [-0.15, -0.1) is 23.1 Å². The Labute approximate surface area is 195 Å². The molecule has 7 heteroatoms. The number of hydrogen-bond acceptors (Lipinski definition) is 4. The summed E-state index contributed by atoms with van der Waals surface area (Å²) < 4.78 is 14.3. The SMILES string of the molecule is O=C(Nc1ccc(F)c(NC(=O)C2CCCCC2)c1)c1ccccc1SCc1cccs1. The predicted molar refractivity (Wildman–Crippen MR) is 130 cm³/mol. The molecule has 166 valence electrons. The minimum Gasteiger partial charge on any atom is -0.323 e. The summed E-state index contributed by atoms with van der Waals surface area (Å²) in [4.78, 5) is 27.6. The first kappa shape index (κ1) is 22.6. The van der Waals surface area contributed by atoms with E-state index in [0.29, 0.717) is 11.3 Å². The zero-order valence-corrected chi connectivity index (χ0v) is 19.2. The number of rotatable bonds is 7. The minimum absolute atomic E-state index is 0.0753. The smallest absolute Gasteiger partial charge is 0.256 e. The predicted octanol–water partition coefficient (Wildman–Crippen LogP) is 6.95. The van der Waals surface area contributed by atoms with Crippen LogP contribution in [0.25, 0.3) is 0 Å². The molecule has 1 aliphatic rings. The van der Waals surface area contributed by atoms with Crippen molar-refractivity contribution in [3.05, 3.63) is 76.2 Å². The molecule has 1 aliphatic carbocycles. The molecule has 0 saturated heterocycles. The Morgan fingerprint density at radius 1 is 1.00 bits per heavy atom. The van der Waals surface area contributed by atoms with Gasteiger partial charge in [0.05, 0.1) is 11.3 Å². The average molecular weight is 469 g/mol. The first-order chi connectivity index (χ1) is 15.6. The standard InChI is InChI=1S/C25H25FN2O2S2/c26-21-13-12-18(15-22(21)28-24(29)17-7-2-1-3-8-17)27-25(30)20-10-4-5-11-23(20)32-16-19-9-6-14-31-19/h4-6,9-15,17H,1-3,7-8,16H2,(H,27,30)(H,28,29). The summed E-state index contributed by atoms with van der Waals surface area (Å²) in [5.74, 6) is -0.221. The van der Waals surface area contributed by atoms with E-state index in [1.807, 2.05) is 29.6 Å². The Balaban J connectivity index is 1.44. The van der Waals surface area contributed by atoms with Gasteiger partial charge in [-0.3, -0.25) is 9.59 Å². The number of hydrogen-bond donors (Lipinski definition) is 2. The molecule has 2 amide bonds. The van der Waals surface area contributed by atoms with Gasteiger partial charge in [-0.1, -0.05) is 37.5 Å².